The number of hydrazone groups is 1. The fraction of sp³-hybridized carbons (Fsp3) is 0.0588. The first kappa shape index (κ1) is 20.5. The first-order valence-corrected chi connectivity index (χ1v) is 9.85. The minimum absolute atomic E-state index is 0.271. The maximum absolute atomic E-state index is 12.1. The Morgan fingerprint density at radius 3 is 2.52 bits per heavy atom. The number of nitrogens with one attached hydrogen (secondary N) is 1. The Balaban J connectivity index is 2.09. The van der Waals surface area contributed by atoms with E-state index in [9.17, 15) is 4.79 Å². The molecule has 0 saturated heterocycles. The van der Waals surface area contributed by atoms with E-state index in [1.807, 2.05) is 12.1 Å². The average Bonchev–Trinajstić information content (AvgIpc) is 2.54. The van der Waals surface area contributed by atoms with Gasteiger partial charge < -0.3 is 4.74 Å². The van der Waals surface area contributed by atoms with Crippen LogP contribution in [0, 0.1) is 7.14 Å². The molecule has 0 aromatic heterocycles. The first-order valence-electron chi connectivity index (χ1n) is 6.93. The number of nitrogens with zero attached hydrogens (tertiary/aromatic N) is 1. The third kappa shape index (κ3) is 5.83. The second-order valence-corrected chi connectivity index (χ2v) is 7.90. The van der Waals surface area contributed by atoms with Gasteiger partial charge in [-0.15, -0.1) is 0 Å². The normalized spacial score (nSPS) is 10.7. The van der Waals surface area contributed by atoms with Crippen LogP contribution in [0.3, 0.4) is 0 Å². The Morgan fingerprint density at radius 2 is 1.92 bits per heavy atom. The summed E-state index contributed by atoms with van der Waals surface area (Å²) in [6, 6.07) is 8.47. The fourth-order valence-corrected chi connectivity index (χ4v) is 4.46. The zero-order chi connectivity index (χ0) is 18.4. The number of carbonyl (C=O) groups excluding carboxylic acids is 1. The summed E-state index contributed by atoms with van der Waals surface area (Å²) in [5.74, 6) is 0.392. The predicted octanol–water partition coefficient (Wildman–Crippen LogP) is 5.53. The van der Waals surface area contributed by atoms with Gasteiger partial charge in [0, 0.05) is 5.02 Å². The molecule has 0 aliphatic heterocycles. The number of hydrogen-bond donors (Lipinski definition) is 1. The van der Waals surface area contributed by atoms with Gasteiger partial charge in [-0.25, -0.2) is 5.43 Å². The summed E-state index contributed by atoms with van der Waals surface area (Å²) in [4.78, 5) is 12.1. The minimum atomic E-state index is -0.409. The van der Waals surface area contributed by atoms with Crippen LogP contribution in [0.1, 0.15) is 15.9 Å². The molecule has 130 valence electrons. The molecule has 1 amide bonds. The number of ether oxygens (including phenoxy) is 1. The highest BCUT2D eigenvalue weighted by Crippen LogP contribution is 2.28. The zero-order valence-electron chi connectivity index (χ0n) is 12.7. The smallest absolute Gasteiger partial charge is 0.272 e. The van der Waals surface area contributed by atoms with Crippen LogP contribution in [0.15, 0.2) is 48.1 Å². The molecule has 0 unspecified atom stereocenters. The molecule has 8 heteroatoms. The molecular weight excluding hydrogens is 589 g/mol. The van der Waals surface area contributed by atoms with Crippen molar-refractivity contribution in [3.63, 3.8) is 0 Å². The van der Waals surface area contributed by atoms with Gasteiger partial charge >= 0.3 is 0 Å². The lowest BCUT2D eigenvalue weighted by Gasteiger charge is -2.09. The molecular formula is C17H12Cl2I2N2O2. The first-order chi connectivity index (χ1) is 11.9. The molecule has 0 aliphatic carbocycles. The van der Waals surface area contributed by atoms with Gasteiger partial charge in [-0.1, -0.05) is 35.9 Å². The third-order valence-corrected chi connectivity index (χ3v) is 5.07. The number of amides is 1. The summed E-state index contributed by atoms with van der Waals surface area (Å²) in [6.45, 7) is 4.08. The molecule has 0 saturated carbocycles. The highest BCUT2D eigenvalue weighted by Gasteiger charge is 2.10. The Labute approximate surface area is 182 Å². The standard InChI is InChI=1S/C17H12Cl2I2N2O2/c1-2-5-25-16-14(20)6-10(7-15(16)21)9-22-23-17(24)12-4-3-11(18)8-13(12)19/h2-4,6-9H,1,5H2,(H,23,24)/b22-9-. The van der Waals surface area contributed by atoms with Gasteiger partial charge in [0.25, 0.3) is 5.91 Å². The van der Waals surface area contributed by atoms with Gasteiger partial charge in [-0.3, -0.25) is 4.79 Å². The SMILES string of the molecule is C=CCOc1c(I)cc(/C=N\NC(=O)c2ccc(Cl)cc2Cl)cc1I. The number of benzene rings is 2. The molecule has 0 bridgehead atoms. The van der Waals surface area contributed by atoms with Crippen molar-refractivity contribution in [1.29, 1.82) is 0 Å². The molecule has 2 rings (SSSR count). The number of hydrogen-bond acceptors (Lipinski definition) is 3. The van der Waals surface area contributed by atoms with Crippen LogP contribution < -0.4 is 10.2 Å². The molecule has 0 spiro atoms. The van der Waals surface area contributed by atoms with Crippen molar-refractivity contribution in [2.75, 3.05) is 6.61 Å². The van der Waals surface area contributed by atoms with E-state index in [1.165, 1.54) is 6.07 Å². The van der Waals surface area contributed by atoms with Crippen molar-refractivity contribution >= 4 is 80.5 Å². The van der Waals surface area contributed by atoms with E-state index >= 15 is 0 Å². The topological polar surface area (TPSA) is 50.7 Å². The van der Waals surface area contributed by atoms with Crippen LogP contribution >= 0.6 is 68.4 Å². The van der Waals surface area contributed by atoms with Crippen molar-refractivity contribution in [3.8, 4) is 5.75 Å². The monoisotopic (exact) mass is 600 g/mol. The zero-order valence-corrected chi connectivity index (χ0v) is 18.6. The Morgan fingerprint density at radius 1 is 1.24 bits per heavy atom. The summed E-state index contributed by atoms with van der Waals surface area (Å²) >= 11 is 16.2. The van der Waals surface area contributed by atoms with Crippen molar-refractivity contribution < 1.29 is 9.53 Å². The van der Waals surface area contributed by atoms with E-state index in [2.05, 4.69) is 62.3 Å². The molecule has 2 aromatic rings. The Bertz CT molecular complexity index is 818. The molecule has 0 heterocycles. The summed E-state index contributed by atoms with van der Waals surface area (Å²) in [5.41, 5.74) is 3.59. The summed E-state index contributed by atoms with van der Waals surface area (Å²) < 4.78 is 7.51. The lowest BCUT2D eigenvalue weighted by Crippen LogP contribution is -2.18. The summed E-state index contributed by atoms with van der Waals surface area (Å²) in [7, 11) is 0. The summed E-state index contributed by atoms with van der Waals surface area (Å²) in [5, 5.41) is 4.71. The second-order valence-electron chi connectivity index (χ2n) is 4.74. The Hall–Kier alpha value is -0.840. The van der Waals surface area contributed by atoms with E-state index in [0.717, 1.165) is 18.5 Å². The molecule has 1 N–H and O–H groups in total. The molecule has 0 fully saturated rings. The van der Waals surface area contributed by atoms with Crippen molar-refractivity contribution in [1.82, 2.24) is 5.43 Å². The van der Waals surface area contributed by atoms with Crippen LogP contribution in [0.4, 0.5) is 0 Å². The maximum atomic E-state index is 12.1. The quantitative estimate of drug-likeness (QED) is 0.205. The molecule has 0 radical (unpaired) electrons. The van der Waals surface area contributed by atoms with E-state index in [1.54, 1.807) is 24.4 Å². The molecule has 4 nitrogen and oxygen atoms in total. The van der Waals surface area contributed by atoms with Crippen LogP contribution in [-0.4, -0.2) is 18.7 Å². The van der Waals surface area contributed by atoms with Crippen molar-refractivity contribution in [2.45, 2.75) is 0 Å². The van der Waals surface area contributed by atoms with E-state index in [-0.39, 0.29) is 5.02 Å². The molecule has 0 atom stereocenters. The predicted molar refractivity (Wildman–Crippen MR) is 119 cm³/mol. The van der Waals surface area contributed by atoms with Crippen LogP contribution in [0.5, 0.6) is 5.75 Å². The second kappa shape index (κ2) is 9.75. The van der Waals surface area contributed by atoms with Crippen LogP contribution in [0.25, 0.3) is 0 Å². The average molecular weight is 601 g/mol. The van der Waals surface area contributed by atoms with Gasteiger partial charge in [0.1, 0.15) is 12.4 Å². The number of rotatable bonds is 6. The number of halogens is 4. The highest BCUT2D eigenvalue weighted by atomic mass is 127. The number of carbonyl (C=O) groups is 1. The van der Waals surface area contributed by atoms with Gasteiger partial charge in [0.2, 0.25) is 0 Å². The van der Waals surface area contributed by atoms with E-state index < -0.39 is 5.91 Å². The highest BCUT2D eigenvalue weighted by molar-refractivity contribution is 14.1. The minimum Gasteiger partial charge on any atom is -0.487 e. The van der Waals surface area contributed by atoms with Crippen molar-refractivity contribution in [3.05, 3.63) is 71.3 Å². The van der Waals surface area contributed by atoms with E-state index in [4.69, 9.17) is 27.9 Å². The lowest BCUT2D eigenvalue weighted by atomic mass is 10.2. The third-order valence-electron chi connectivity index (χ3n) is 2.92. The molecule has 0 aliphatic rings. The van der Waals surface area contributed by atoms with Crippen molar-refractivity contribution in [2.24, 2.45) is 5.10 Å². The van der Waals surface area contributed by atoms with Gasteiger partial charge in [0.15, 0.2) is 0 Å². The van der Waals surface area contributed by atoms with E-state index in [0.29, 0.717) is 17.2 Å². The largest absolute Gasteiger partial charge is 0.487 e. The lowest BCUT2D eigenvalue weighted by molar-refractivity contribution is 0.0955. The Kier molecular flexibility index (Phi) is 7.98. The fourth-order valence-electron chi connectivity index (χ4n) is 1.83. The molecule has 2 aromatic carbocycles. The van der Waals surface area contributed by atoms with Gasteiger partial charge in [0.05, 0.1) is 23.9 Å². The van der Waals surface area contributed by atoms with Gasteiger partial charge in [-0.05, 0) is 81.1 Å². The van der Waals surface area contributed by atoms with Gasteiger partial charge in [-0.2, -0.15) is 5.10 Å². The maximum Gasteiger partial charge on any atom is 0.272 e. The molecule has 25 heavy (non-hydrogen) atoms. The van der Waals surface area contributed by atoms with Crippen LogP contribution in [0.2, 0.25) is 10.0 Å². The summed E-state index contributed by atoms with van der Waals surface area (Å²) in [6.07, 6.45) is 3.25. The van der Waals surface area contributed by atoms with Crippen LogP contribution in [-0.2, 0) is 0 Å².